The lowest BCUT2D eigenvalue weighted by Crippen LogP contribution is -2.33. The molecule has 0 fully saturated rings. The van der Waals surface area contributed by atoms with E-state index in [1.807, 2.05) is 48.5 Å². The molecule has 1 amide bonds. The highest BCUT2D eigenvalue weighted by atomic mass is 32.2. The number of amides is 1. The predicted octanol–water partition coefficient (Wildman–Crippen LogP) is 5.12. The molecule has 0 radical (unpaired) electrons. The summed E-state index contributed by atoms with van der Waals surface area (Å²) in [5, 5.41) is 14.8. The number of fused-ring (bicyclic) bond motifs is 4. The Balaban J connectivity index is 1.37. The monoisotopic (exact) mass is 414 g/mol. The Morgan fingerprint density at radius 2 is 1.80 bits per heavy atom. The van der Waals surface area contributed by atoms with Crippen LogP contribution >= 0.6 is 11.8 Å². The van der Waals surface area contributed by atoms with E-state index in [-0.39, 0.29) is 17.2 Å². The highest BCUT2D eigenvalue weighted by molar-refractivity contribution is 7.99. The van der Waals surface area contributed by atoms with Crippen LogP contribution in [0.4, 0.5) is 5.69 Å². The third kappa shape index (κ3) is 3.27. The zero-order valence-corrected chi connectivity index (χ0v) is 17.7. The molecule has 30 heavy (non-hydrogen) atoms. The Kier molecular flexibility index (Phi) is 4.59. The zero-order valence-electron chi connectivity index (χ0n) is 16.9. The maximum atomic E-state index is 12.7. The molecule has 3 aromatic carbocycles. The highest BCUT2D eigenvalue weighted by Crippen LogP contribution is 2.39. The van der Waals surface area contributed by atoms with Gasteiger partial charge < -0.3 is 5.32 Å². The van der Waals surface area contributed by atoms with Gasteiger partial charge in [0.15, 0.2) is 11.0 Å². The molecular formula is C24H22N4OS. The van der Waals surface area contributed by atoms with Crippen molar-refractivity contribution in [3.8, 4) is 11.4 Å². The van der Waals surface area contributed by atoms with E-state index in [0.29, 0.717) is 0 Å². The molecule has 2 heterocycles. The lowest BCUT2D eigenvalue weighted by Gasteiger charge is -2.34. The molecule has 0 saturated heterocycles. The first-order chi connectivity index (χ1) is 14.5. The van der Waals surface area contributed by atoms with Crippen molar-refractivity contribution in [2.24, 2.45) is 0 Å². The molecule has 150 valence electrons. The molecule has 0 bridgehead atoms. The van der Waals surface area contributed by atoms with Crippen LogP contribution in [0.5, 0.6) is 0 Å². The molecule has 1 aromatic heterocycles. The van der Waals surface area contributed by atoms with Crippen molar-refractivity contribution in [2.75, 3.05) is 11.1 Å². The van der Waals surface area contributed by atoms with Gasteiger partial charge in [0.05, 0.1) is 5.75 Å². The van der Waals surface area contributed by atoms with Gasteiger partial charge in [-0.05, 0) is 37.3 Å². The molecule has 0 unspecified atom stereocenters. The van der Waals surface area contributed by atoms with Crippen LogP contribution in [0.2, 0.25) is 0 Å². The lowest BCUT2D eigenvalue weighted by atomic mass is 9.87. The number of rotatable bonds is 4. The number of benzene rings is 3. The van der Waals surface area contributed by atoms with Gasteiger partial charge in [-0.15, -0.1) is 10.2 Å². The van der Waals surface area contributed by atoms with E-state index < -0.39 is 0 Å². The Hall–Kier alpha value is -3.12. The van der Waals surface area contributed by atoms with Crippen molar-refractivity contribution < 1.29 is 4.79 Å². The smallest absolute Gasteiger partial charge is 0.234 e. The fourth-order valence-corrected chi connectivity index (χ4v) is 5.07. The minimum absolute atomic E-state index is 0.0530. The fraction of sp³-hybridized carbons (Fsp3) is 0.208. The quantitative estimate of drug-likeness (QED) is 0.471. The van der Waals surface area contributed by atoms with E-state index >= 15 is 0 Å². The minimum Gasteiger partial charge on any atom is -0.325 e. The minimum atomic E-state index is -0.151. The van der Waals surface area contributed by atoms with Gasteiger partial charge in [0.25, 0.3) is 0 Å². The molecule has 1 aliphatic heterocycles. The van der Waals surface area contributed by atoms with Crippen LogP contribution in [0.1, 0.15) is 19.4 Å². The van der Waals surface area contributed by atoms with Crippen molar-refractivity contribution >= 4 is 34.1 Å². The van der Waals surface area contributed by atoms with Gasteiger partial charge in [-0.1, -0.05) is 72.4 Å². The largest absolute Gasteiger partial charge is 0.325 e. The molecule has 6 heteroatoms. The van der Waals surface area contributed by atoms with Gasteiger partial charge in [0, 0.05) is 22.2 Å². The summed E-state index contributed by atoms with van der Waals surface area (Å²) in [7, 11) is 0. The first kappa shape index (κ1) is 18.9. The van der Waals surface area contributed by atoms with E-state index in [9.17, 15) is 4.79 Å². The second-order valence-electron chi connectivity index (χ2n) is 8.15. The standard InChI is InChI=1S/C24H22N4OS/c1-24(2)14-17-9-4-6-12-19(17)22-26-27-23(28(22)24)30-15-21(29)25-20-13-7-10-16-8-3-5-11-18(16)20/h3-13H,14-15H2,1-2H3,(H,25,29). The summed E-state index contributed by atoms with van der Waals surface area (Å²) >= 11 is 1.43. The SMILES string of the molecule is CC1(C)Cc2ccccc2-c2nnc(SCC(=O)Nc3cccc4ccccc34)n21. The summed E-state index contributed by atoms with van der Waals surface area (Å²) in [6, 6.07) is 22.3. The molecule has 0 aliphatic carbocycles. The first-order valence-electron chi connectivity index (χ1n) is 9.97. The number of thioether (sulfide) groups is 1. The third-order valence-corrected chi connectivity index (χ3v) is 6.45. The Bertz CT molecular complexity index is 1260. The third-order valence-electron chi connectivity index (χ3n) is 5.52. The lowest BCUT2D eigenvalue weighted by molar-refractivity contribution is -0.113. The normalized spacial score (nSPS) is 14.2. The number of nitrogens with one attached hydrogen (secondary N) is 1. The average molecular weight is 415 g/mol. The number of carbonyl (C=O) groups excluding carboxylic acids is 1. The molecule has 5 nitrogen and oxygen atoms in total. The summed E-state index contributed by atoms with van der Waals surface area (Å²) < 4.78 is 2.17. The number of carbonyl (C=O) groups is 1. The number of aromatic nitrogens is 3. The molecule has 0 atom stereocenters. The number of nitrogens with zero attached hydrogens (tertiary/aromatic N) is 3. The topological polar surface area (TPSA) is 59.8 Å². The summed E-state index contributed by atoms with van der Waals surface area (Å²) in [5.74, 6) is 1.10. The Labute approximate surface area is 179 Å². The van der Waals surface area contributed by atoms with E-state index in [4.69, 9.17) is 0 Å². The summed E-state index contributed by atoms with van der Waals surface area (Å²) in [6.45, 7) is 4.38. The number of hydrogen-bond donors (Lipinski definition) is 1. The zero-order chi connectivity index (χ0) is 20.7. The summed E-state index contributed by atoms with van der Waals surface area (Å²) in [5.41, 5.74) is 3.09. The second kappa shape index (κ2) is 7.29. The van der Waals surface area contributed by atoms with E-state index in [1.54, 1.807) is 0 Å². The van der Waals surface area contributed by atoms with Gasteiger partial charge in [-0.2, -0.15) is 0 Å². The van der Waals surface area contributed by atoms with Gasteiger partial charge in [-0.25, -0.2) is 0 Å². The molecule has 5 rings (SSSR count). The summed E-state index contributed by atoms with van der Waals surface area (Å²) in [4.78, 5) is 12.7. The van der Waals surface area contributed by atoms with Crippen molar-refractivity contribution in [3.05, 3.63) is 72.3 Å². The first-order valence-corrected chi connectivity index (χ1v) is 11.0. The molecule has 0 spiro atoms. The number of hydrogen-bond acceptors (Lipinski definition) is 4. The van der Waals surface area contributed by atoms with Gasteiger partial charge in [0.1, 0.15) is 0 Å². The van der Waals surface area contributed by atoms with Crippen molar-refractivity contribution in [3.63, 3.8) is 0 Å². The maximum absolute atomic E-state index is 12.7. The van der Waals surface area contributed by atoms with Crippen LogP contribution in [0.25, 0.3) is 22.2 Å². The van der Waals surface area contributed by atoms with Crippen LogP contribution in [0, 0.1) is 0 Å². The van der Waals surface area contributed by atoms with E-state index in [1.165, 1.54) is 17.3 Å². The van der Waals surface area contributed by atoms with E-state index in [0.717, 1.165) is 39.4 Å². The molecule has 1 aliphatic rings. The van der Waals surface area contributed by atoms with Crippen LogP contribution in [-0.4, -0.2) is 26.4 Å². The maximum Gasteiger partial charge on any atom is 0.234 e. The predicted molar refractivity (Wildman–Crippen MR) is 122 cm³/mol. The Morgan fingerprint density at radius 3 is 2.70 bits per heavy atom. The van der Waals surface area contributed by atoms with Gasteiger partial charge in [0.2, 0.25) is 5.91 Å². The van der Waals surface area contributed by atoms with Crippen molar-refractivity contribution in [1.29, 1.82) is 0 Å². The fourth-order valence-electron chi connectivity index (χ4n) is 4.17. The van der Waals surface area contributed by atoms with Crippen LogP contribution < -0.4 is 5.32 Å². The van der Waals surface area contributed by atoms with E-state index in [2.05, 4.69) is 52.1 Å². The number of anilines is 1. The summed E-state index contributed by atoms with van der Waals surface area (Å²) in [6.07, 6.45) is 0.907. The average Bonchev–Trinajstić information content (AvgIpc) is 3.18. The van der Waals surface area contributed by atoms with Gasteiger partial charge in [-0.3, -0.25) is 9.36 Å². The highest BCUT2D eigenvalue weighted by Gasteiger charge is 2.34. The van der Waals surface area contributed by atoms with Crippen LogP contribution in [0.15, 0.2) is 71.9 Å². The van der Waals surface area contributed by atoms with Crippen LogP contribution in [0.3, 0.4) is 0 Å². The van der Waals surface area contributed by atoms with Crippen LogP contribution in [-0.2, 0) is 16.8 Å². The Morgan fingerprint density at radius 1 is 1.03 bits per heavy atom. The van der Waals surface area contributed by atoms with Crippen molar-refractivity contribution in [2.45, 2.75) is 31.0 Å². The second-order valence-corrected chi connectivity index (χ2v) is 9.09. The molecule has 0 saturated carbocycles. The molecular weight excluding hydrogens is 392 g/mol. The molecule has 4 aromatic rings. The molecule has 1 N–H and O–H groups in total. The van der Waals surface area contributed by atoms with Crippen molar-refractivity contribution in [1.82, 2.24) is 14.8 Å². The van der Waals surface area contributed by atoms with Gasteiger partial charge >= 0.3 is 0 Å².